The molecule has 1 spiro atoms. The summed E-state index contributed by atoms with van der Waals surface area (Å²) in [7, 11) is 1.50. The summed E-state index contributed by atoms with van der Waals surface area (Å²) in [5, 5.41) is 13.5. The summed E-state index contributed by atoms with van der Waals surface area (Å²) in [6.45, 7) is 15.2. The fourth-order valence-electron chi connectivity index (χ4n) is 8.60. The molecule has 8 atom stereocenters. The molecule has 0 radical (unpaired) electrons. The zero-order valence-corrected chi connectivity index (χ0v) is 32.0. The van der Waals surface area contributed by atoms with E-state index < -0.39 is 59.6 Å². The zero-order valence-electron chi connectivity index (χ0n) is 32.0. The van der Waals surface area contributed by atoms with Crippen LogP contribution in [0.1, 0.15) is 64.5 Å². The molecule has 292 valence electrons. The van der Waals surface area contributed by atoms with Gasteiger partial charge in [0.05, 0.1) is 43.2 Å². The van der Waals surface area contributed by atoms with Gasteiger partial charge in [-0.05, 0) is 69.4 Å². The minimum atomic E-state index is -1.32. The van der Waals surface area contributed by atoms with Crippen molar-refractivity contribution in [1.82, 2.24) is 10.2 Å². The Hall–Kier alpha value is -4.52. The summed E-state index contributed by atoms with van der Waals surface area (Å²) in [6.07, 6.45) is 3.55. The van der Waals surface area contributed by atoms with Crippen LogP contribution in [0.2, 0.25) is 0 Å². The molecule has 2 N–H and O–H groups in total. The lowest BCUT2D eigenvalue weighted by atomic mass is 9.70. The number of rotatable bonds is 20. The molecule has 3 heterocycles. The Balaban J connectivity index is 1.51. The maximum Gasteiger partial charge on any atom is 0.313 e. The highest BCUT2D eigenvalue weighted by molar-refractivity contribution is 6.05. The molecule has 5 rings (SSSR count). The maximum atomic E-state index is 15.0. The lowest BCUT2D eigenvalue weighted by molar-refractivity contribution is -0.163. The first kappa shape index (κ1) is 40.7. The van der Waals surface area contributed by atoms with Gasteiger partial charge < -0.3 is 39.3 Å². The lowest BCUT2D eigenvalue weighted by Crippen LogP contribution is -2.59. The fourth-order valence-corrected chi connectivity index (χ4v) is 8.60. The second-order valence-corrected chi connectivity index (χ2v) is 14.2. The van der Waals surface area contributed by atoms with E-state index in [1.54, 1.807) is 17.1 Å². The van der Waals surface area contributed by atoms with Crippen LogP contribution >= 0.6 is 0 Å². The molecule has 3 saturated heterocycles. The molecule has 3 aliphatic heterocycles. The molecule has 0 aromatic heterocycles. The summed E-state index contributed by atoms with van der Waals surface area (Å²) in [6, 6.07) is 14.3. The number of anilines is 2. The van der Waals surface area contributed by atoms with E-state index in [2.05, 4.69) is 37.2 Å². The Labute approximate surface area is 319 Å². The van der Waals surface area contributed by atoms with E-state index in [-0.39, 0.29) is 38.0 Å². The van der Waals surface area contributed by atoms with Crippen molar-refractivity contribution >= 4 is 35.1 Å². The lowest BCUT2D eigenvalue weighted by Gasteiger charge is -2.39. The average molecular weight is 745 g/mol. The minimum Gasteiger partial charge on any atom is -0.455 e. The highest BCUT2D eigenvalue weighted by Crippen LogP contribution is 2.59. The highest BCUT2D eigenvalue weighted by Gasteiger charge is 2.75. The summed E-state index contributed by atoms with van der Waals surface area (Å²) < 4.78 is 18.5. The van der Waals surface area contributed by atoms with Crippen molar-refractivity contribution in [2.24, 2.45) is 11.8 Å². The number of methoxy groups -OCH3 is 1. The third-order valence-electron chi connectivity index (χ3n) is 11.2. The van der Waals surface area contributed by atoms with E-state index in [0.717, 1.165) is 18.8 Å². The first-order valence-electron chi connectivity index (χ1n) is 19.2. The molecular weight excluding hydrogens is 688 g/mol. The van der Waals surface area contributed by atoms with Gasteiger partial charge in [-0.3, -0.25) is 19.2 Å². The monoisotopic (exact) mass is 744 g/mol. The molecule has 3 amide bonds. The van der Waals surface area contributed by atoms with Crippen molar-refractivity contribution in [2.45, 2.75) is 88.8 Å². The topological polar surface area (TPSA) is 138 Å². The Bertz CT molecular complexity index is 1630. The van der Waals surface area contributed by atoms with Gasteiger partial charge in [-0.1, -0.05) is 49.4 Å². The minimum absolute atomic E-state index is 0.0532. The largest absolute Gasteiger partial charge is 0.455 e. The van der Waals surface area contributed by atoms with Crippen LogP contribution in [0.15, 0.2) is 79.9 Å². The van der Waals surface area contributed by atoms with Gasteiger partial charge in [-0.15, -0.1) is 13.2 Å². The molecule has 0 saturated carbocycles. The average Bonchev–Trinajstić information content (AvgIpc) is 3.84. The second-order valence-electron chi connectivity index (χ2n) is 14.2. The maximum absolute atomic E-state index is 15.0. The molecule has 2 bridgehead atoms. The van der Waals surface area contributed by atoms with E-state index in [0.29, 0.717) is 36.9 Å². The molecule has 54 heavy (non-hydrogen) atoms. The van der Waals surface area contributed by atoms with Crippen molar-refractivity contribution in [3.05, 3.63) is 85.5 Å². The molecule has 2 aromatic rings. The molecule has 12 nitrogen and oxygen atoms in total. The molecule has 2 aromatic carbocycles. The van der Waals surface area contributed by atoms with Gasteiger partial charge >= 0.3 is 5.97 Å². The van der Waals surface area contributed by atoms with Crippen LogP contribution in [-0.2, 0) is 33.4 Å². The molecular formula is C42H56N4O8. The number of allylic oxidation sites excluding steroid dienone is 1. The van der Waals surface area contributed by atoms with E-state index >= 15 is 0 Å². The molecule has 0 aliphatic carbocycles. The number of aliphatic hydroxyl groups is 1. The summed E-state index contributed by atoms with van der Waals surface area (Å²) >= 11 is 0. The number of ether oxygens (including phenoxy) is 3. The van der Waals surface area contributed by atoms with Crippen LogP contribution in [0, 0.1) is 11.8 Å². The van der Waals surface area contributed by atoms with Crippen molar-refractivity contribution < 1.29 is 38.5 Å². The van der Waals surface area contributed by atoms with E-state index in [9.17, 15) is 24.3 Å². The Morgan fingerprint density at radius 1 is 1.06 bits per heavy atom. The number of benzene rings is 2. The van der Waals surface area contributed by atoms with Crippen LogP contribution in [0.5, 0.6) is 0 Å². The molecule has 3 aliphatic rings. The smallest absolute Gasteiger partial charge is 0.313 e. The Kier molecular flexibility index (Phi) is 13.7. The van der Waals surface area contributed by atoms with Crippen molar-refractivity contribution in [1.29, 1.82) is 0 Å². The number of fused-ring (bicyclic) bond motifs is 1. The van der Waals surface area contributed by atoms with Gasteiger partial charge in [0.15, 0.2) is 0 Å². The number of carbonyl (C=O) groups excluding carboxylic acids is 4. The predicted molar refractivity (Wildman–Crippen MR) is 207 cm³/mol. The first-order chi connectivity index (χ1) is 26.1. The number of hydrogen-bond donors (Lipinski definition) is 2. The van der Waals surface area contributed by atoms with Gasteiger partial charge in [0.2, 0.25) is 11.8 Å². The predicted octanol–water partition coefficient (Wildman–Crippen LogP) is 4.58. The number of esters is 1. The van der Waals surface area contributed by atoms with Gasteiger partial charge in [0.25, 0.3) is 5.91 Å². The number of likely N-dealkylation sites (tertiary alicyclic amines) is 1. The van der Waals surface area contributed by atoms with Crippen LogP contribution in [0.4, 0.5) is 11.4 Å². The first-order valence-corrected chi connectivity index (χ1v) is 19.2. The van der Waals surface area contributed by atoms with Gasteiger partial charge in [0.1, 0.15) is 17.7 Å². The number of nitrogens with zero attached hydrogens (tertiary/aromatic N) is 3. The van der Waals surface area contributed by atoms with Crippen LogP contribution in [-0.4, -0.2) is 103 Å². The number of amides is 3. The van der Waals surface area contributed by atoms with Crippen LogP contribution in [0.25, 0.3) is 0 Å². The van der Waals surface area contributed by atoms with Crippen molar-refractivity contribution in [3.8, 4) is 0 Å². The molecule has 3 fully saturated rings. The quantitative estimate of drug-likeness (QED) is 0.148. The van der Waals surface area contributed by atoms with Crippen LogP contribution < -0.4 is 15.1 Å². The Morgan fingerprint density at radius 3 is 2.33 bits per heavy atom. The van der Waals surface area contributed by atoms with Crippen LogP contribution in [0.3, 0.4) is 0 Å². The number of aliphatic hydroxyl groups excluding tert-OH is 1. The standard InChI is InChI=1S/C42H56N4O8/c1-7-12-18-34(48)43-32(27-52-6)37(28-16-14-13-15-17-28)53-41(51)35-33-23-24-42(54-33)36(35)39(49)46(29(9-3)26-47)38(42)40(50)45(25-8-2)31-21-19-30(20-22-31)44(10-4)11-5/h7-8,13-17,19-22,29,32-33,35-38,47H,1-2,9-12,18,23-27H2,3-6H3,(H,43,48)/t29-,32-,33-,35+,36+,37-,38-,42+/m0/s1. The normalized spacial score (nSPS) is 24.3. The fraction of sp³-hybridized carbons (Fsp3) is 0.524. The van der Waals surface area contributed by atoms with Gasteiger partial charge in [0, 0.05) is 44.5 Å². The SMILES string of the molecule is C=CCCC(=O)N[C@@H](COC)[C@@H](OC(=O)[C@@H]1[C@@H]2CC[C@]3(O2)[C@H](C(=O)N(CC=C)c2ccc(N(CC)CC)cc2)N([C@@H](CC)CO)C(=O)[C@@H]13)c1ccccc1. The van der Waals surface area contributed by atoms with E-state index in [1.807, 2.05) is 61.5 Å². The Morgan fingerprint density at radius 2 is 1.74 bits per heavy atom. The third-order valence-corrected chi connectivity index (χ3v) is 11.2. The third kappa shape index (κ3) is 7.83. The van der Waals surface area contributed by atoms with Gasteiger partial charge in [-0.2, -0.15) is 0 Å². The summed E-state index contributed by atoms with van der Waals surface area (Å²) in [5.74, 6) is -3.73. The van der Waals surface area contributed by atoms with E-state index in [4.69, 9.17) is 14.2 Å². The number of nitrogens with one attached hydrogen (secondary N) is 1. The van der Waals surface area contributed by atoms with Crippen molar-refractivity contribution in [3.63, 3.8) is 0 Å². The zero-order chi connectivity index (χ0) is 39.0. The number of hydrogen-bond acceptors (Lipinski definition) is 9. The second kappa shape index (κ2) is 18.2. The molecule has 12 heteroatoms. The van der Waals surface area contributed by atoms with Gasteiger partial charge in [-0.25, -0.2) is 0 Å². The highest BCUT2D eigenvalue weighted by atomic mass is 16.6. The summed E-state index contributed by atoms with van der Waals surface area (Å²) in [5.41, 5.74) is 0.975. The van der Waals surface area contributed by atoms with E-state index in [1.165, 1.54) is 12.0 Å². The summed E-state index contributed by atoms with van der Waals surface area (Å²) in [4.78, 5) is 62.5. The molecule has 0 unspecified atom stereocenters. The van der Waals surface area contributed by atoms with Crippen molar-refractivity contribution in [2.75, 3.05) is 49.8 Å². The number of carbonyl (C=O) groups is 4.